The van der Waals surface area contributed by atoms with Crippen LogP contribution in [0.5, 0.6) is 0 Å². The number of halogens is 2. The molecule has 2 heterocycles. The summed E-state index contributed by atoms with van der Waals surface area (Å²) in [5.41, 5.74) is 3.90. The zero-order valence-electron chi connectivity index (χ0n) is 9.54. The highest BCUT2D eigenvalue weighted by Gasteiger charge is 2.09. The fourth-order valence-electron chi connectivity index (χ4n) is 1.81. The lowest BCUT2D eigenvalue weighted by Crippen LogP contribution is -1.83. The summed E-state index contributed by atoms with van der Waals surface area (Å²) in [4.78, 5) is 12.2. The summed E-state index contributed by atoms with van der Waals surface area (Å²) in [5, 5.41) is 0. The molecule has 3 nitrogen and oxygen atoms in total. The number of aromatic nitrogens is 3. The van der Waals surface area contributed by atoms with Crippen molar-refractivity contribution >= 4 is 49.7 Å². The Morgan fingerprint density at radius 3 is 2.94 bits per heavy atom. The van der Waals surface area contributed by atoms with Gasteiger partial charge in [-0.25, -0.2) is 9.97 Å². The Kier molecular flexibility index (Phi) is 3.11. The normalized spacial score (nSPS) is 11.1. The number of pyridine rings is 1. The summed E-state index contributed by atoms with van der Waals surface area (Å²) in [6.45, 7) is 2.02. The quantitative estimate of drug-likeness (QED) is 0.604. The number of imidazole rings is 1. The van der Waals surface area contributed by atoms with Crippen molar-refractivity contribution in [2.75, 3.05) is 0 Å². The molecule has 3 rings (SSSR count). The molecule has 0 saturated heterocycles. The van der Waals surface area contributed by atoms with Crippen molar-refractivity contribution in [1.82, 2.24) is 15.0 Å². The summed E-state index contributed by atoms with van der Waals surface area (Å²) in [7, 11) is 0. The van der Waals surface area contributed by atoms with Crippen molar-refractivity contribution in [1.29, 1.82) is 0 Å². The monoisotopic (exact) mass is 413 g/mol. The maximum atomic E-state index is 4.53. The third kappa shape index (κ3) is 2.16. The lowest BCUT2D eigenvalue weighted by atomic mass is 10.2. The highest BCUT2D eigenvalue weighted by molar-refractivity contribution is 14.1. The highest BCUT2D eigenvalue weighted by Crippen LogP contribution is 2.29. The molecular formula is C13H9BrIN3. The molecule has 0 unspecified atom stereocenters. The zero-order chi connectivity index (χ0) is 12.7. The minimum absolute atomic E-state index is 0.751. The SMILES string of the molecule is Cc1cnc2nc(-c3cc(I)ccc3Br)[nH]c2c1. The van der Waals surface area contributed by atoms with Gasteiger partial charge >= 0.3 is 0 Å². The molecule has 1 N–H and O–H groups in total. The molecule has 3 aromatic rings. The van der Waals surface area contributed by atoms with E-state index in [2.05, 4.69) is 71.7 Å². The second-order valence-electron chi connectivity index (χ2n) is 4.09. The molecule has 2 aromatic heterocycles. The molecule has 0 bridgehead atoms. The van der Waals surface area contributed by atoms with Gasteiger partial charge in [0.15, 0.2) is 5.65 Å². The molecule has 0 fully saturated rings. The molecule has 0 radical (unpaired) electrons. The third-order valence-corrected chi connectivity index (χ3v) is 4.02. The van der Waals surface area contributed by atoms with Crippen LogP contribution in [0.4, 0.5) is 0 Å². The lowest BCUT2D eigenvalue weighted by Gasteiger charge is -2.01. The van der Waals surface area contributed by atoms with Crippen LogP contribution in [0.25, 0.3) is 22.6 Å². The average Bonchev–Trinajstić information content (AvgIpc) is 2.74. The number of rotatable bonds is 1. The Morgan fingerprint density at radius 1 is 1.28 bits per heavy atom. The second kappa shape index (κ2) is 4.62. The van der Waals surface area contributed by atoms with E-state index in [-0.39, 0.29) is 0 Å². The van der Waals surface area contributed by atoms with Gasteiger partial charge in [-0.1, -0.05) is 15.9 Å². The molecular weight excluding hydrogens is 405 g/mol. The van der Waals surface area contributed by atoms with Crippen LogP contribution in [0.2, 0.25) is 0 Å². The van der Waals surface area contributed by atoms with Gasteiger partial charge in [-0.3, -0.25) is 0 Å². The summed E-state index contributed by atoms with van der Waals surface area (Å²) >= 11 is 5.85. The largest absolute Gasteiger partial charge is 0.337 e. The third-order valence-electron chi connectivity index (χ3n) is 2.66. The first-order valence-corrected chi connectivity index (χ1v) is 7.28. The molecule has 0 spiro atoms. The van der Waals surface area contributed by atoms with Crippen LogP contribution in [0.1, 0.15) is 5.56 Å². The van der Waals surface area contributed by atoms with Crippen LogP contribution >= 0.6 is 38.5 Å². The van der Waals surface area contributed by atoms with Crippen LogP contribution in [0.3, 0.4) is 0 Å². The summed E-state index contributed by atoms with van der Waals surface area (Å²) in [6.07, 6.45) is 1.83. The van der Waals surface area contributed by atoms with Crippen molar-refractivity contribution in [3.8, 4) is 11.4 Å². The summed E-state index contributed by atoms with van der Waals surface area (Å²) in [5.74, 6) is 0.841. The second-order valence-corrected chi connectivity index (χ2v) is 6.19. The van der Waals surface area contributed by atoms with E-state index < -0.39 is 0 Å². The van der Waals surface area contributed by atoms with E-state index in [0.717, 1.165) is 32.6 Å². The number of hydrogen-bond acceptors (Lipinski definition) is 2. The van der Waals surface area contributed by atoms with Gasteiger partial charge in [0, 0.05) is 19.8 Å². The number of aryl methyl sites for hydroxylation is 1. The van der Waals surface area contributed by atoms with E-state index in [4.69, 9.17) is 0 Å². The first-order chi connectivity index (χ1) is 8.63. The molecule has 90 valence electrons. The fraction of sp³-hybridized carbons (Fsp3) is 0.0769. The van der Waals surface area contributed by atoms with Crippen molar-refractivity contribution in [2.24, 2.45) is 0 Å². The standard InChI is InChI=1S/C13H9BrIN3/c1-7-4-11-13(16-6-7)18-12(17-11)9-5-8(15)2-3-10(9)14/h2-6H,1H3,(H,16,17,18). The Labute approximate surface area is 126 Å². The molecule has 18 heavy (non-hydrogen) atoms. The molecule has 1 aromatic carbocycles. The number of fused-ring (bicyclic) bond motifs is 1. The molecule has 0 atom stereocenters. The average molecular weight is 414 g/mol. The van der Waals surface area contributed by atoms with E-state index >= 15 is 0 Å². The van der Waals surface area contributed by atoms with Crippen molar-refractivity contribution < 1.29 is 0 Å². The van der Waals surface area contributed by atoms with Gasteiger partial charge in [0.1, 0.15) is 5.82 Å². The Morgan fingerprint density at radius 2 is 2.11 bits per heavy atom. The lowest BCUT2D eigenvalue weighted by molar-refractivity contribution is 1.28. The minimum atomic E-state index is 0.751. The summed E-state index contributed by atoms with van der Waals surface area (Å²) < 4.78 is 2.20. The molecule has 0 aliphatic rings. The number of nitrogens with zero attached hydrogens (tertiary/aromatic N) is 2. The predicted molar refractivity (Wildman–Crippen MR) is 84.5 cm³/mol. The van der Waals surface area contributed by atoms with Crippen LogP contribution < -0.4 is 0 Å². The smallest absolute Gasteiger partial charge is 0.178 e. The van der Waals surface area contributed by atoms with Gasteiger partial charge in [0.05, 0.1) is 5.52 Å². The van der Waals surface area contributed by atoms with Crippen LogP contribution in [-0.4, -0.2) is 15.0 Å². The van der Waals surface area contributed by atoms with E-state index in [0.29, 0.717) is 0 Å². The molecule has 0 aliphatic carbocycles. The van der Waals surface area contributed by atoms with Gasteiger partial charge in [-0.05, 0) is 59.3 Å². The number of H-pyrrole nitrogens is 1. The number of benzene rings is 1. The molecule has 0 amide bonds. The molecule has 5 heteroatoms. The summed E-state index contributed by atoms with van der Waals surface area (Å²) in [6, 6.07) is 8.23. The van der Waals surface area contributed by atoms with Crippen LogP contribution in [0, 0.1) is 10.5 Å². The van der Waals surface area contributed by atoms with Crippen LogP contribution in [0.15, 0.2) is 34.9 Å². The molecule has 0 saturated carbocycles. The Hall–Kier alpha value is -0.950. The maximum absolute atomic E-state index is 4.53. The van der Waals surface area contributed by atoms with E-state index in [9.17, 15) is 0 Å². The van der Waals surface area contributed by atoms with Gasteiger partial charge < -0.3 is 4.98 Å². The highest BCUT2D eigenvalue weighted by atomic mass is 127. The zero-order valence-corrected chi connectivity index (χ0v) is 13.3. The van der Waals surface area contributed by atoms with Crippen LogP contribution in [-0.2, 0) is 0 Å². The predicted octanol–water partition coefficient (Wildman–Crippen LogP) is 4.30. The van der Waals surface area contributed by atoms with Crippen molar-refractivity contribution in [2.45, 2.75) is 6.92 Å². The maximum Gasteiger partial charge on any atom is 0.178 e. The Balaban J connectivity index is 2.22. The fourth-order valence-corrected chi connectivity index (χ4v) is 2.74. The van der Waals surface area contributed by atoms with Gasteiger partial charge in [-0.15, -0.1) is 0 Å². The van der Waals surface area contributed by atoms with Gasteiger partial charge in [0.2, 0.25) is 0 Å². The van der Waals surface area contributed by atoms with Crippen molar-refractivity contribution in [3.63, 3.8) is 0 Å². The first-order valence-electron chi connectivity index (χ1n) is 5.41. The molecule has 0 aliphatic heterocycles. The number of hydrogen-bond donors (Lipinski definition) is 1. The topological polar surface area (TPSA) is 41.6 Å². The number of aromatic amines is 1. The van der Waals surface area contributed by atoms with Gasteiger partial charge in [0.25, 0.3) is 0 Å². The Bertz CT molecular complexity index is 736. The van der Waals surface area contributed by atoms with E-state index in [1.807, 2.05) is 19.2 Å². The van der Waals surface area contributed by atoms with Gasteiger partial charge in [-0.2, -0.15) is 0 Å². The first kappa shape index (κ1) is 12.1. The van der Waals surface area contributed by atoms with E-state index in [1.54, 1.807) is 0 Å². The minimum Gasteiger partial charge on any atom is -0.337 e. The van der Waals surface area contributed by atoms with Crippen molar-refractivity contribution in [3.05, 3.63) is 44.1 Å². The number of nitrogens with one attached hydrogen (secondary N) is 1. The van der Waals surface area contributed by atoms with E-state index in [1.165, 1.54) is 3.57 Å².